The lowest BCUT2D eigenvalue weighted by Crippen LogP contribution is -2.70. The Bertz CT molecular complexity index is 1310. The first kappa shape index (κ1) is 32.2. The Morgan fingerprint density at radius 1 is 1.28 bits per heavy atom. The van der Waals surface area contributed by atoms with Gasteiger partial charge in [-0.05, 0) is 49.6 Å². The number of nitrogen functional groups attached to an aromatic ring is 1. The van der Waals surface area contributed by atoms with E-state index >= 15 is 0 Å². The summed E-state index contributed by atoms with van der Waals surface area (Å²) in [5.41, 5.74) is 14.5. The lowest BCUT2D eigenvalue weighted by Gasteiger charge is -2.51. The fourth-order valence-corrected chi connectivity index (χ4v) is 6.62. The second kappa shape index (κ2) is 14.2. The second-order valence-corrected chi connectivity index (χ2v) is 12.3. The Hall–Kier alpha value is -3.68. The first-order valence-electron chi connectivity index (χ1n) is 14.8. The van der Waals surface area contributed by atoms with Gasteiger partial charge in [0, 0.05) is 37.0 Å². The molecule has 12 nitrogen and oxygen atoms in total. The molecule has 2 heterocycles. The molecule has 43 heavy (non-hydrogen) atoms. The number of rotatable bonds is 12. The summed E-state index contributed by atoms with van der Waals surface area (Å²) in [7, 11) is 0. The fraction of sp³-hybridized carbons (Fsp3) is 0.500. The highest BCUT2D eigenvalue weighted by atomic mass is 32.2. The first-order chi connectivity index (χ1) is 20.6. The number of unbranched alkanes of at least 4 members (excludes halogenated alkanes) is 1. The highest BCUT2D eigenvalue weighted by molar-refractivity contribution is 8.00. The average Bonchev–Trinajstić information content (AvgIpc) is 3.36. The summed E-state index contributed by atoms with van der Waals surface area (Å²) in [6, 6.07) is 9.37. The number of nitrogens with two attached hydrogens (primary N) is 2. The van der Waals surface area contributed by atoms with Crippen molar-refractivity contribution in [2.45, 2.75) is 82.1 Å². The number of hydrogen-bond donors (Lipinski definition) is 5. The topological polar surface area (TPSA) is 160 Å². The maximum atomic E-state index is 14.2. The van der Waals surface area contributed by atoms with Crippen molar-refractivity contribution in [2.75, 3.05) is 30.7 Å². The molecule has 2 aliphatic heterocycles. The fourth-order valence-electron chi connectivity index (χ4n) is 5.70. The van der Waals surface area contributed by atoms with E-state index in [0.717, 1.165) is 29.0 Å². The standard InChI is InChI=1S/C30H44N8O4S/c1-5-7-13-33-30(42)38(19(3)4)37(6-2)26-17-35(16-21-9-8-10-25-27(21)34-29(32)43-25)28(41)23(36(26)18-39)15-20-11-12-24(40)22(31)14-20/h8-12,14,18-19,23,26,29,34,40H,5-7,13,15-17,31-32H2,1-4H3,(H,33,42)/t23-,26-,29?/m0/s1. The third-order valence-corrected chi connectivity index (χ3v) is 8.76. The van der Waals surface area contributed by atoms with Crippen LogP contribution in [0.1, 0.15) is 51.7 Å². The second-order valence-electron chi connectivity index (χ2n) is 11.1. The molecule has 2 aromatic rings. The third kappa shape index (κ3) is 7.11. The zero-order valence-electron chi connectivity index (χ0n) is 25.3. The van der Waals surface area contributed by atoms with Crippen molar-refractivity contribution in [1.29, 1.82) is 0 Å². The van der Waals surface area contributed by atoms with Gasteiger partial charge in [-0.25, -0.2) is 4.79 Å². The number of amides is 4. The number of benzene rings is 2. The Balaban J connectivity index is 1.72. The largest absolute Gasteiger partial charge is 0.506 e. The summed E-state index contributed by atoms with van der Waals surface area (Å²) in [5, 5.41) is 19.8. The molecule has 7 N–H and O–H groups in total. The molecule has 13 heteroatoms. The van der Waals surface area contributed by atoms with Crippen molar-refractivity contribution in [2.24, 2.45) is 5.73 Å². The van der Waals surface area contributed by atoms with Gasteiger partial charge in [0.25, 0.3) is 0 Å². The number of carbonyl (C=O) groups is 3. The van der Waals surface area contributed by atoms with Crippen LogP contribution < -0.4 is 22.1 Å². The Labute approximate surface area is 257 Å². The third-order valence-electron chi connectivity index (χ3n) is 7.79. The maximum absolute atomic E-state index is 14.2. The van der Waals surface area contributed by atoms with Crippen molar-refractivity contribution in [3.8, 4) is 5.75 Å². The average molecular weight is 613 g/mol. The predicted octanol–water partition coefficient (Wildman–Crippen LogP) is 2.93. The lowest BCUT2D eigenvalue weighted by molar-refractivity contribution is -0.172. The number of phenolic OH excluding ortho intramolecular Hbond substituents is 1. The van der Waals surface area contributed by atoms with Crippen molar-refractivity contribution in [3.05, 3.63) is 47.5 Å². The zero-order valence-corrected chi connectivity index (χ0v) is 26.1. The lowest BCUT2D eigenvalue weighted by atomic mass is 9.99. The molecule has 0 radical (unpaired) electrons. The van der Waals surface area contributed by atoms with Gasteiger partial charge in [0.2, 0.25) is 12.3 Å². The molecule has 2 aromatic carbocycles. The zero-order chi connectivity index (χ0) is 31.3. The Morgan fingerprint density at radius 3 is 2.70 bits per heavy atom. The Morgan fingerprint density at radius 2 is 2.05 bits per heavy atom. The molecule has 1 saturated heterocycles. The number of likely N-dealkylation sites (N-methyl/N-ethyl adjacent to an activating group) is 1. The summed E-state index contributed by atoms with van der Waals surface area (Å²) in [6.45, 7) is 9.29. The smallest absolute Gasteiger partial charge is 0.332 e. The molecule has 4 rings (SSSR count). The van der Waals surface area contributed by atoms with E-state index in [1.807, 2.05) is 44.0 Å². The molecule has 0 bridgehead atoms. The highest BCUT2D eigenvalue weighted by Gasteiger charge is 2.45. The van der Waals surface area contributed by atoms with Gasteiger partial charge in [-0.3, -0.25) is 14.6 Å². The van der Waals surface area contributed by atoms with Crippen molar-refractivity contribution in [3.63, 3.8) is 0 Å². The number of phenols is 1. The summed E-state index contributed by atoms with van der Waals surface area (Å²) in [6.07, 6.45) is 2.05. The van der Waals surface area contributed by atoms with Gasteiger partial charge in [-0.15, -0.1) is 0 Å². The van der Waals surface area contributed by atoms with Gasteiger partial charge < -0.3 is 37.0 Å². The number of carbonyl (C=O) groups excluding carboxylic acids is 3. The number of para-hydroxylation sites is 1. The molecule has 3 atom stereocenters. The van der Waals surface area contributed by atoms with E-state index in [0.29, 0.717) is 31.6 Å². The molecule has 0 spiro atoms. The molecule has 234 valence electrons. The SMILES string of the molecule is CCCCNC(=O)N(C(C)C)N(CC)[C@H]1CN(Cc2cccc3c2NC(N)S3)C(=O)[C@H](Cc2ccc(O)c(N)c2)N1C=O. The van der Waals surface area contributed by atoms with E-state index in [2.05, 4.69) is 17.6 Å². The number of urea groups is 1. The number of nitrogens with zero attached hydrogens (tertiary/aromatic N) is 4. The molecule has 0 aromatic heterocycles. The molecular formula is C30H44N8O4S. The van der Waals surface area contributed by atoms with Crippen molar-refractivity contribution in [1.82, 2.24) is 25.1 Å². The van der Waals surface area contributed by atoms with Crippen LogP contribution in [-0.2, 0) is 22.6 Å². The van der Waals surface area contributed by atoms with Gasteiger partial charge in [0.15, 0.2) is 0 Å². The highest BCUT2D eigenvalue weighted by Crippen LogP contribution is 2.39. The summed E-state index contributed by atoms with van der Waals surface area (Å²) in [4.78, 5) is 44.7. The number of hydrogen-bond acceptors (Lipinski definition) is 9. The molecule has 0 saturated carbocycles. The Kier molecular flexibility index (Phi) is 10.6. The van der Waals surface area contributed by atoms with Crippen molar-refractivity contribution >= 4 is 41.5 Å². The van der Waals surface area contributed by atoms with E-state index in [4.69, 9.17) is 11.5 Å². The minimum absolute atomic E-state index is 0.0502. The summed E-state index contributed by atoms with van der Waals surface area (Å²) < 4.78 is 0. The van der Waals surface area contributed by atoms with Crippen molar-refractivity contribution < 1.29 is 19.5 Å². The molecule has 0 aliphatic carbocycles. The molecular weight excluding hydrogens is 568 g/mol. The number of piperazine rings is 1. The normalized spacial score (nSPS) is 19.9. The van der Waals surface area contributed by atoms with Crippen LogP contribution in [0.5, 0.6) is 5.75 Å². The van der Waals surface area contributed by atoms with E-state index in [-0.39, 0.29) is 47.9 Å². The van der Waals surface area contributed by atoms with Crippen LogP contribution >= 0.6 is 11.8 Å². The van der Waals surface area contributed by atoms with Gasteiger partial charge in [0.05, 0.1) is 17.9 Å². The van der Waals surface area contributed by atoms with Crippen LogP contribution in [0.25, 0.3) is 0 Å². The van der Waals surface area contributed by atoms with Crippen LogP contribution in [0.2, 0.25) is 0 Å². The van der Waals surface area contributed by atoms with E-state index in [9.17, 15) is 19.5 Å². The maximum Gasteiger partial charge on any atom is 0.332 e. The van der Waals surface area contributed by atoms with Gasteiger partial charge in [-0.1, -0.05) is 50.2 Å². The molecule has 2 aliphatic rings. The van der Waals surface area contributed by atoms with Crippen LogP contribution in [0.3, 0.4) is 0 Å². The van der Waals surface area contributed by atoms with Crippen LogP contribution in [0.4, 0.5) is 16.2 Å². The molecule has 4 amide bonds. The minimum atomic E-state index is -0.868. The van der Waals surface area contributed by atoms with Gasteiger partial charge in [-0.2, -0.15) is 5.01 Å². The number of fused-ring (bicyclic) bond motifs is 1. The van der Waals surface area contributed by atoms with Crippen LogP contribution in [0, 0.1) is 0 Å². The minimum Gasteiger partial charge on any atom is -0.506 e. The number of thioether (sulfide) groups is 1. The molecule has 1 unspecified atom stereocenters. The monoisotopic (exact) mass is 612 g/mol. The first-order valence-corrected chi connectivity index (χ1v) is 15.7. The van der Waals surface area contributed by atoms with E-state index in [1.54, 1.807) is 22.0 Å². The number of nitrogens with one attached hydrogen (secondary N) is 2. The quantitative estimate of drug-likeness (QED) is 0.0798. The number of anilines is 2. The van der Waals surface area contributed by atoms with E-state index in [1.165, 1.54) is 22.7 Å². The van der Waals surface area contributed by atoms with E-state index < -0.39 is 12.2 Å². The molecule has 1 fully saturated rings. The summed E-state index contributed by atoms with van der Waals surface area (Å²) >= 11 is 1.52. The van der Waals surface area contributed by atoms with Crippen LogP contribution in [0.15, 0.2) is 41.3 Å². The van der Waals surface area contributed by atoms with Crippen LogP contribution in [-0.4, -0.2) is 86.7 Å². The number of hydrazine groups is 1. The summed E-state index contributed by atoms with van der Waals surface area (Å²) in [5.74, 6) is -0.270. The van der Waals surface area contributed by atoms with Gasteiger partial charge in [0.1, 0.15) is 23.5 Å². The number of aromatic hydroxyl groups is 1. The van der Waals surface area contributed by atoms with Gasteiger partial charge >= 0.3 is 6.03 Å². The predicted molar refractivity (Wildman–Crippen MR) is 169 cm³/mol.